The number of carbonyl (C=O) groups excluding carboxylic acids is 1. The van der Waals surface area contributed by atoms with Crippen LogP contribution in [0.2, 0.25) is 0 Å². The number of thiocarbonyl (C=S) groups is 1. The van der Waals surface area contributed by atoms with Gasteiger partial charge in [-0.25, -0.2) is 0 Å². The van der Waals surface area contributed by atoms with E-state index in [1.54, 1.807) is 24.5 Å². The van der Waals surface area contributed by atoms with Crippen LogP contribution in [0.1, 0.15) is 25.5 Å². The highest BCUT2D eigenvalue weighted by atomic mass is 32.1. The molecule has 0 radical (unpaired) electrons. The highest BCUT2D eigenvalue weighted by Gasteiger charge is 2.18. The van der Waals surface area contributed by atoms with Gasteiger partial charge in [0.2, 0.25) is 5.91 Å². The van der Waals surface area contributed by atoms with Crippen LogP contribution in [0.25, 0.3) is 6.08 Å². The summed E-state index contributed by atoms with van der Waals surface area (Å²) in [4.78, 5) is 13.8. The molecule has 1 saturated heterocycles. The third kappa shape index (κ3) is 4.21. The van der Waals surface area contributed by atoms with Crippen molar-refractivity contribution in [2.24, 2.45) is 5.92 Å². The average molecular weight is 278 g/mol. The molecule has 1 aromatic rings. The quantitative estimate of drug-likeness (QED) is 0.666. The number of nitrogens with one attached hydrogen (secondary N) is 1. The Balaban J connectivity index is 1.80. The molecule has 1 amide bonds. The van der Waals surface area contributed by atoms with E-state index in [-0.39, 0.29) is 5.91 Å². The molecular weight excluding hydrogens is 260 g/mol. The lowest BCUT2D eigenvalue weighted by Crippen LogP contribution is -2.45. The first kappa shape index (κ1) is 13.8. The van der Waals surface area contributed by atoms with Gasteiger partial charge < -0.3 is 9.32 Å². The van der Waals surface area contributed by atoms with E-state index in [2.05, 4.69) is 12.2 Å². The molecule has 0 aromatic carbocycles. The monoisotopic (exact) mass is 278 g/mol. The number of nitrogens with zero attached hydrogens (tertiary/aromatic N) is 1. The van der Waals surface area contributed by atoms with E-state index >= 15 is 0 Å². The molecule has 2 rings (SSSR count). The molecule has 1 aliphatic heterocycles. The number of hydrogen-bond donors (Lipinski definition) is 1. The zero-order valence-electron chi connectivity index (χ0n) is 11.0. The molecule has 0 saturated carbocycles. The van der Waals surface area contributed by atoms with Crippen LogP contribution in [-0.4, -0.2) is 29.0 Å². The smallest absolute Gasteiger partial charge is 0.250 e. The van der Waals surface area contributed by atoms with Crippen LogP contribution in [-0.2, 0) is 4.79 Å². The number of furan rings is 1. The number of piperidine rings is 1. The van der Waals surface area contributed by atoms with Crippen molar-refractivity contribution in [3.63, 3.8) is 0 Å². The van der Waals surface area contributed by atoms with Crippen LogP contribution in [0, 0.1) is 5.92 Å². The molecule has 0 bridgehead atoms. The number of rotatable bonds is 2. The summed E-state index contributed by atoms with van der Waals surface area (Å²) < 4.78 is 5.11. The van der Waals surface area contributed by atoms with Crippen molar-refractivity contribution in [1.82, 2.24) is 10.2 Å². The van der Waals surface area contributed by atoms with Crippen LogP contribution in [0.4, 0.5) is 0 Å². The Morgan fingerprint density at radius 2 is 2.26 bits per heavy atom. The minimum Gasteiger partial charge on any atom is -0.465 e. The van der Waals surface area contributed by atoms with Gasteiger partial charge in [0.15, 0.2) is 5.11 Å². The fourth-order valence-corrected chi connectivity index (χ4v) is 2.26. The highest BCUT2D eigenvalue weighted by molar-refractivity contribution is 7.80. The summed E-state index contributed by atoms with van der Waals surface area (Å²) in [5.74, 6) is 1.17. The van der Waals surface area contributed by atoms with Gasteiger partial charge in [-0.1, -0.05) is 6.92 Å². The van der Waals surface area contributed by atoms with Gasteiger partial charge in [0.25, 0.3) is 0 Å². The minimum atomic E-state index is -0.222. The first-order chi connectivity index (χ1) is 9.15. The van der Waals surface area contributed by atoms with Crippen LogP contribution in [0.15, 0.2) is 28.9 Å². The molecule has 1 aromatic heterocycles. The van der Waals surface area contributed by atoms with E-state index in [0.717, 1.165) is 31.8 Å². The Morgan fingerprint density at radius 1 is 1.53 bits per heavy atom. The fraction of sp³-hybridized carbons (Fsp3) is 0.429. The van der Waals surface area contributed by atoms with Crippen molar-refractivity contribution in [2.45, 2.75) is 19.8 Å². The molecule has 4 nitrogen and oxygen atoms in total. The third-order valence-corrected chi connectivity index (χ3v) is 3.60. The Bertz CT molecular complexity index is 460. The van der Waals surface area contributed by atoms with Crippen LogP contribution >= 0.6 is 12.2 Å². The SMILES string of the molecule is CC1CCN(C(=S)NC(=O)/C=C/c2ccco2)CC1. The maximum Gasteiger partial charge on any atom is 0.250 e. The maximum atomic E-state index is 11.7. The van der Waals surface area contributed by atoms with Crippen molar-refractivity contribution in [2.75, 3.05) is 13.1 Å². The number of amides is 1. The Labute approximate surface area is 118 Å². The summed E-state index contributed by atoms with van der Waals surface area (Å²) in [6, 6.07) is 3.56. The fourth-order valence-electron chi connectivity index (χ4n) is 1.98. The van der Waals surface area contributed by atoms with E-state index in [0.29, 0.717) is 10.9 Å². The van der Waals surface area contributed by atoms with Gasteiger partial charge in [0.05, 0.1) is 6.26 Å². The molecule has 19 heavy (non-hydrogen) atoms. The van der Waals surface area contributed by atoms with Gasteiger partial charge in [-0.2, -0.15) is 0 Å². The topological polar surface area (TPSA) is 45.5 Å². The van der Waals surface area contributed by atoms with E-state index in [1.165, 1.54) is 6.08 Å². The molecule has 0 atom stereocenters. The summed E-state index contributed by atoms with van der Waals surface area (Å²) in [5.41, 5.74) is 0. The van der Waals surface area contributed by atoms with E-state index in [4.69, 9.17) is 16.6 Å². The number of carbonyl (C=O) groups is 1. The second kappa shape index (κ2) is 6.52. The Hall–Kier alpha value is -1.62. The largest absolute Gasteiger partial charge is 0.465 e. The molecule has 0 aliphatic carbocycles. The van der Waals surface area contributed by atoms with Crippen molar-refractivity contribution in [3.05, 3.63) is 30.2 Å². The van der Waals surface area contributed by atoms with Gasteiger partial charge in [0, 0.05) is 19.2 Å². The summed E-state index contributed by atoms with van der Waals surface area (Å²) in [7, 11) is 0. The number of likely N-dealkylation sites (tertiary alicyclic amines) is 1. The van der Waals surface area contributed by atoms with Crippen molar-refractivity contribution in [1.29, 1.82) is 0 Å². The highest BCUT2D eigenvalue weighted by Crippen LogP contribution is 2.15. The van der Waals surface area contributed by atoms with E-state index in [9.17, 15) is 4.79 Å². The second-order valence-corrected chi connectivity index (χ2v) is 5.20. The average Bonchev–Trinajstić information content (AvgIpc) is 2.90. The summed E-state index contributed by atoms with van der Waals surface area (Å²) in [6.45, 7) is 4.08. The standard InChI is InChI=1S/C14H18N2O2S/c1-11-6-8-16(9-7-11)14(19)15-13(17)5-4-12-3-2-10-18-12/h2-5,10-11H,6-9H2,1H3,(H,15,17,19)/b5-4+. The molecule has 102 valence electrons. The zero-order valence-corrected chi connectivity index (χ0v) is 11.8. The van der Waals surface area contributed by atoms with Crippen LogP contribution in [0.5, 0.6) is 0 Å². The summed E-state index contributed by atoms with van der Waals surface area (Å²) >= 11 is 5.24. The normalized spacial score (nSPS) is 16.8. The lowest BCUT2D eigenvalue weighted by molar-refractivity contribution is -0.115. The zero-order chi connectivity index (χ0) is 13.7. The summed E-state index contributed by atoms with van der Waals surface area (Å²) in [5, 5.41) is 3.23. The molecule has 2 heterocycles. The van der Waals surface area contributed by atoms with Crippen molar-refractivity contribution in [3.8, 4) is 0 Å². The number of hydrogen-bond acceptors (Lipinski definition) is 3. The molecule has 1 fully saturated rings. The molecule has 1 N–H and O–H groups in total. The van der Waals surface area contributed by atoms with Crippen molar-refractivity contribution < 1.29 is 9.21 Å². The maximum absolute atomic E-state index is 11.7. The molecule has 1 aliphatic rings. The lowest BCUT2D eigenvalue weighted by Gasteiger charge is -2.31. The summed E-state index contributed by atoms with van der Waals surface area (Å²) in [6.07, 6.45) is 6.86. The van der Waals surface area contributed by atoms with Gasteiger partial charge >= 0.3 is 0 Å². The predicted octanol–water partition coefficient (Wildman–Crippen LogP) is 2.43. The van der Waals surface area contributed by atoms with Crippen LogP contribution in [0.3, 0.4) is 0 Å². The Morgan fingerprint density at radius 3 is 2.89 bits per heavy atom. The van der Waals surface area contributed by atoms with Crippen LogP contribution < -0.4 is 5.32 Å². The molecular formula is C14H18N2O2S. The minimum absolute atomic E-state index is 0.222. The van der Waals surface area contributed by atoms with Gasteiger partial charge in [0.1, 0.15) is 5.76 Å². The lowest BCUT2D eigenvalue weighted by atomic mass is 10.00. The first-order valence-electron chi connectivity index (χ1n) is 6.46. The molecule has 0 unspecified atom stereocenters. The van der Waals surface area contributed by atoms with Gasteiger partial charge in [-0.05, 0) is 49.2 Å². The predicted molar refractivity (Wildman–Crippen MR) is 78.5 cm³/mol. The molecule has 5 heteroatoms. The van der Waals surface area contributed by atoms with E-state index in [1.807, 2.05) is 4.90 Å². The van der Waals surface area contributed by atoms with E-state index < -0.39 is 0 Å². The second-order valence-electron chi connectivity index (χ2n) is 4.81. The molecule has 0 spiro atoms. The first-order valence-corrected chi connectivity index (χ1v) is 6.87. The van der Waals surface area contributed by atoms with Gasteiger partial charge in [-0.3, -0.25) is 10.1 Å². The van der Waals surface area contributed by atoms with Crippen molar-refractivity contribution >= 4 is 29.3 Å². The van der Waals surface area contributed by atoms with Gasteiger partial charge in [-0.15, -0.1) is 0 Å². The third-order valence-electron chi connectivity index (χ3n) is 3.24. The Kier molecular flexibility index (Phi) is 4.74.